The number of guanidine groups is 1. The third-order valence-corrected chi connectivity index (χ3v) is 4.26. The fraction of sp³-hybridized carbons (Fsp3) is 0.318. The number of rotatable bonds is 9. The summed E-state index contributed by atoms with van der Waals surface area (Å²) in [5.41, 5.74) is 15.1. The Morgan fingerprint density at radius 1 is 1.07 bits per heavy atom. The van der Waals surface area contributed by atoms with E-state index in [1.54, 1.807) is 0 Å². The lowest BCUT2D eigenvalue weighted by atomic mass is 10.00. The van der Waals surface area contributed by atoms with Crippen LogP contribution >= 0.6 is 0 Å². The van der Waals surface area contributed by atoms with Crippen LogP contribution in [0.25, 0.3) is 11.1 Å². The highest BCUT2D eigenvalue weighted by molar-refractivity contribution is 5.77. The monoisotopic (exact) mass is 398 g/mol. The molecule has 6 N–H and O–H groups in total. The van der Waals surface area contributed by atoms with E-state index < -0.39 is 0 Å². The predicted octanol–water partition coefficient (Wildman–Crippen LogP) is 1.55. The van der Waals surface area contributed by atoms with Crippen LogP contribution in [0.4, 0.5) is 0 Å². The first-order valence-electron chi connectivity index (χ1n) is 9.38. The van der Waals surface area contributed by atoms with Crippen LogP contribution in [0.15, 0.2) is 53.5 Å². The van der Waals surface area contributed by atoms with Gasteiger partial charge in [0.25, 0.3) is 0 Å². The number of amides is 1. The molecule has 2 aromatic carbocycles. The van der Waals surface area contributed by atoms with Crippen molar-refractivity contribution in [1.29, 1.82) is 0 Å². The number of carbonyl (C=O) groups excluding carboxylic acids is 2. The largest absolute Gasteiger partial charge is 0.394 e. The van der Waals surface area contributed by atoms with Gasteiger partial charge in [0.15, 0.2) is 5.96 Å². The van der Waals surface area contributed by atoms with Crippen molar-refractivity contribution in [2.24, 2.45) is 16.5 Å². The standard InChI is InChI=1S/C21H28N4O2.CH2O/c1-15-4-8-17(9-5-15)18-10-6-16(7-11-18)13-19(14-26)25-20(27)3-2-12-24-21(22)23;1-2/h4-11,19,26H,2-3,12-14H2,1H3,(H,25,27)(H4,22,23,24);1H2. The van der Waals surface area contributed by atoms with Crippen LogP contribution < -0.4 is 16.8 Å². The Balaban J connectivity index is 0.00000204. The van der Waals surface area contributed by atoms with E-state index >= 15 is 0 Å². The summed E-state index contributed by atoms with van der Waals surface area (Å²) >= 11 is 0. The lowest BCUT2D eigenvalue weighted by Gasteiger charge is -2.16. The molecule has 1 amide bonds. The van der Waals surface area contributed by atoms with Gasteiger partial charge in [0.05, 0.1) is 12.6 Å². The van der Waals surface area contributed by atoms with Crippen molar-refractivity contribution in [3.05, 3.63) is 59.7 Å². The molecule has 1 unspecified atom stereocenters. The molecule has 0 aliphatic heterocycles. The van der Waals surface area contributed by atoms with E-state index in [9.17, 15) is 9.90 Å². The maximum absolute atomic E-state index is 12.0. The fourth-order valence-corrected chi connectivity index (χ4v) is 2.77. The molecule has 1 atom stereocenters. The van der Waals surface area contributed by atoms with Gasteiger partial charge in [0, 0.05) is 13.0 Å². The Kier molecular flexibility index (Phi) is 10.7. The Hall–Kier alpha value is -3.19. The molecule has 0 saturated carbocycles. The molecule has 2 rings (SSSR count). The zero-order valence-electron chi connectivity index (χ0n) is 16.8. The van der Waals surface area contributed by atoms with Crippen LogP contribution in [0.2, 0.25) is 0 Å². The van der Waals surface area contributed by atoms with E-state index in [1.165, 1.54) is 11.1 Å². The summed E-state index contributed by atoms with van der Waals surface area (Å²) in [4.78, 5) is 23.8. The van der Waals surface area contributed by atoms with Crippen molar-refractivity contribution >= 4 is 18.7 Å². The predicted molar refractivity (Wildman–Crippen MR) is 116 cm³/mol. The maximum Gasteiger partial charge on any atom is 0.220 e. The molecule has 0 bridgehead atoms. The number of carbonyl (C=O) groups is 2. The van der Waals surface area contributed by atoms with E-state index in [1.807, 2.05) is 18.9 Å². The first-order valence-corrected chi connectivity index (χ1v) is 9.38. The number of nitrogens with two attached hydrogens (primary N) is 2. The highest BCUT2D eigenvalue weighted by Crippen LogP contribution is 2.20. The van der Waals surface area contributed by atoms with E-state index in [-0.39, 0.29) is 24.5 Å². The topological polar surface area (TPSA) is 131 Å². The average molecular weight is 399 g/mol. The number of aliphatic imine (C=N–C) groups is 1. The second-order valence-corrected chi connectivity index (χ2v) is 6.62. The Morgan fingerprint density at radius 2 is 1.62 bits per heavy atom. The third kappa shape index (κ3) is 9.03. The summed E-state index contributed by atoms with van der Waals surface area (Å²) in [5.74, 6) is -0.0890. The molecule has 0 spiro atoms. The molecule has 0 fully saturated rings. The van der Waals surface area contributed by atoms with Gasteiger partial charge < -0.3 is 26.7 Å². The molecular weight excluding hydrogens is 368 g/mol. The molecule has 0 aliphatic carbocycles. The third-order valence-electron chi connectivity index (χ3n) is 4.26. The zero-order valence-corrected chi connectivity index (χ0v) is 16.8. The number of nitrogens with zero attached hydrogens (tertiary/aromatic N) is 1. The van der Waals surface area contributed by atoms with Crippen LogP contribution in [0.1, 0.15) is 24.0 Å². The van der Waals surface area contributed by atoms with Gasteiger partial charge in [-0.05, 0) is 36.5 Å². The maximum atomic E-state index is 12.0. The average Bonchev–Trinajstić information content (AvgIpc) is 2.73. The van der Waals surface area contributed by atoms with Gasteiger partial charge in [0.1, 0.15) is 6.79 Å². The quantitative estimate of drug-likeness (QED) is 0.289. The van der Waals surface area contributed by atoms with Crippen LogP contribution in [0.5, 0.6) is 0 Å². The van der Waals surface area contributed by atoms with Crippen LogP contribution in [-0.2, 0) is 16.0 Å². The Labute approximate surface area is 171 Å². The lowest BCUT2D eigenvalue weighted by molar-refractivity contribution is -0.122. The Bertz CT molecular complexity index is 770. The van der Waals surface area contributed by atoms with Gasteiger partial charge in [-0.2, -0.15) is 0 Å². The summed E-state index contributed by atoms with van der Waals surface area (Å²) in [6.07, 6.45) is 1.46. The van der Waals surface area contributed by atoms with Crippen molar-refractivity contribution in [2.45, 2.75) is 32.2 Å². The van der Waals surface area contributed by atoms with E-state index in [2.05, 4.69) is 53.6 Å². The van der Waals surface area contributed by atoms with Gasteiger partial charge in [-0.1, -0.05) is 54.1 Å². The smallest absolute Gasteiger partial charge is 0.220 e. The zero-order chi connectivity index (χ0) is 21.6. The lowest BCUT2D eigenvalue weighted by Crippen LogP contribution is -2.39. The number of hydrogen-bond acceptors (Lipinski definition) is 4. The van der Waals surface area contributed by atoms with Gasteiger partial charge in [0.2, 0.25) is 5.91 Å². The summed E-state index contributed by atoms with van der Waals surface area (Å²) in [5, 5.41) is 12.4. The summed E-state index contributed by atoms with van der Waals surface area (Å²) in [6, 6.07) is 16.3. The number of aryl methyl sites for hydroxylation is 1. The molecule has 0 aliphatic rings. The second-order valence-electron chi connectivity index (χ2n) is 6.62. The summed E-state index contributed by atoms with van der Waals surface area (Å²) in [6.45, 7) is 4.37. The molecule has 29 heavy (non-hydrogen) atoms. The number of hydrogen-bond donors (Lipinski definition) is 4. The van der Waals surface area contributed by atoms with Crippen LogP contribution in [0, 0.1) is 6.92 Å². The van der Waals surface area contributed by atoms with Crippen molar-refractivity contribution in [3.8, 4) is 11.1 Å². The minimum atomic E-state index is -0.314. The molecule has 0 radical (unpaired) electrons. The number of benzene rings is 2. The highest BCUT2D eigenvalue weighted by Gasteiger charge is 2.12. The molecule has 0 aromatic heterocycles. The molecule has 7 nitrogen and oxygen atoms in total. The summed E-state index contributed by atoms with van der Waals surface area (Å²) < 4.78 is 0. The minimum absolute atomic E-state index is 0.0257. The van der Waals surface area contributed by atoms with E-state index in [0.29, 0.717) is 25.8 Å². The molecule has 156 valence electrons. The Morgan fingerprint density at radius 3 is 2.14 bits per heavy atom. The van der Waals surface area contributed by atoms with Gasteiger partial charge in [-0.25, -0.2) is 0 Å². The fourth-order valence-electron chi connectivity index (χ4n) is 2.77. The molecule has 7 heteroatoms. The van der Waals surface area contributed by atoms with Crippen molar-refractivity contribution in [2.75, 3.05) is 13.2 Å². The molecule has 0 saturated heterocycles. The van der Waals surface area contributed by atoms with E-state index in [0.717, 1.165) is 11.1 Å². The van der Waals surface area contributed by atoms with Crippen LogP contribution in [-0.4, -0.2) is 43.0 Å². The summed E-state index contributed by atoms with van der Waals surface area (Å²) in [7, 11) is 0. The number of nitrogens with one attached hydrogen (secondary N) is 1. The van der Waals surface area contributed by atoms with Crippen molar-refractivity contribution < 1.29 is 14.7 Å². The van der Waals surface area contributed by atoms with Crippen molar-refractivity contribution in [1.82, 2.24) is 5.32 Å². The molecule has 2 aromatic rings. The van der Waals surface area contributed by atoms with Gasteiger partial charge in [-0.3, -0.25) is 9.79 Å². The normalized spacial score (nSPS) is 11.0. The number of aliphatic hydroxyl groups is 1. The minimum Gasteiger partial charge on any atom is -0.394 e. The highest BCUT2D eigenvalue weighted by atomic mass is 16.3. The molecule has 0 heterocycles. The first kappa shape index (κ1) is 23.8. The van der Waals surface area contributed by atoms with Crippen LogP contribution in [0.3, 0.4) is 0 Å². The first-order chi connectivity index (χ1) is 14.0. The second kappa shape index (κ2) is 13.1. The van der Waals surface area contributed by atoms with E-state index in [4.69, 9.17) is 16.3 Å². The van der Waals surface area contributed by atoms with Gasteiger partial charge >= 0.3 is 0 Å². The molecular formula is C22H30N4O3. The number of aliphatic hydroxyl groups excluding tert-OH is 1. The SMILES string of the molecule is C=O.Cc1ccc(-c2ccc(CC(CO)NC(=O)CCCN=C(N)N)cc2)cc1. The van der Waals surface area contributed by atoms with Crippen molar-refractivity contribution in [3.63, 3.8) is 0 Å². The van der Waals surface area contributed by atoms with Gasteiger partial charge in [-0.15, -0.1) is 0 Å².